The summed E-state index contributed by atoms with van der Waals surface area (Å²) in [5.41, 5.74) is 0.626. The lowest BCUT2D eigenvalue weighted by Crippen LogP contribution is -2.04. The zero-order valence-electron chi connectivity index (χ0n) is 13.2. The van der Waals surface area contributed by atoms with E-state index in [1.165, 1.54) is 12.1 Å². The Morgan fingerprint density at radius 1 is 1.04 bits per heavy atom. The van der Waals surface area contributed by atoms with Gasteiger partial charge in [0.2, 0.25) is 11.8 Å². The quantitative estimate of drug-likeness (QED) is 0.650. The number of aromatic nitrogens is 2. The molecule has 0 saturated carbocycles. The highest BCUT2D eigenvalue weighted by molar-refractivity contribution is 5.76. The van der Waals surface area contributed by atoms with Crippen LogP contribution in [0.25, 0.3) is 11.5 Å². The molecular weight excluding hydrogens is 354 g/mol. The molecule has 26 heavy (non-hydrogen) atoms. The molecule has 136 valence electrons. The maximum absolute atomic E-state index is 12.6. The van der Waals surface area contributed by atoms with Crippen molar-refractivity contribution in [1.29, 1.82) is 0 Å². The number of rotatable bonds is 5. The normalized spacial score (nSPS) is 12.8. The van der Waals surface area contributed by atoms with Gasteiger partial charge in [-0.3, -0.25) is 0 Å². The van der Waals surface area contributed by atoms with Gasteiger partial charge in [-0.25, -0.2) is 4.39 Å². The number of benzene rings is 2. The van der Waals surface area contributed by atoms with Gasteiger partial charge in [-0.15, -0.1) is 10.2 Å². The fourth-order valence-electron chi connectivity index (χ4n) is 2.22. The minimum absolute atomic E-state index is 0.0440. The predicted molar refractivity (Wildman–Crippen MR) is 85.4 cm³/mol. The van der Waals surface area contributed by atoms with Crippen LogP contribution in [-0.4, -0.2) is 22.0 Å². The fourth-order valence-corrected chi connectivity index (χ4v) is 2.22. The lowest BCUT2D eigenvalue weighted by atomic mass is 10.1. The van der Waals surface area contributed by atoms with Crippen molar-refractivity contribution in [1.82, 2.24) is 10.2 Å². The topological polar surface area (TPSA) is 71.2 Å². The molecule has 1 unspecified atom stereocenters. The molecule has 9 heteroatoms. The van der Waals surface area contributed by atoms with Crippen LogP contribution in [0.2, 0.25) is 0 Å². The minimum Gasteiger partial charge on any atom is -0.418 e. The zero-order chi connectivity index (χ0) is 18.7. The molecule has 0 bridgehead atoms. The molecule has 2 N–H and O–H groups in total. The number of hydrogen-bond donors (Lipinski definition) is 2. The molecule has 3 rings (SSSR count). The first kappa shape index (κ1) is 17.9. The Labute approximate surface area is 145 Å². The molecule has 1 aromatic heterocycles. The fraction of sp³-hybridized carbons (Fsp3) is 0.176. The minimum atomic E-state index is -4.41. The summed E-state index contributed by atoms with van der Waals surface area (Å²) in [7, 11) is 0. The molecule has 0 amide bonds. The molecule has 0 fully saturated rings. The van der Waals surface area contributed by atoms with Crippen LogP contribution < -0.4 is 5.32 Å². The third-order valence-electron chi connectivity index (χ3n) is 3.52. The van der Waals surface area contributed by atoms with Crippen LogP contribution in [0, 0.1) is 0 Å². The Morgan fingerprint density at radius 2 is 1.73 bits per heavy atom. The molecule has 0 spiro atoms. The van der Waals surface area contributed by atoms with Gasteiger partial charge < -0.3 is 14.8 Å². The Balaban J connectivity index is 1.87. The van der Waals surface area contributed by atoms with Gasteiger partial charge in [0.05, 0.1) is 16.8 Å². The number of aliphatic hydroxyl groups is 1. The van der Waals surface area contributed by atoms with E-state index in [0.717, 1.165) is 12.1 Å². The van der Waals surface area contributed by atoms with Crippen LogP contribution in [0.3, 0.4) is 0 Å². The molecule has 0 aliphatic heterocycles. The van der Waals surface area contributed by atoms with Gasteiger partial charge in [-0.05, 0) is 36.4 Å². The third kappa shape index (κ3) is 3.83. The molecule has 0 saturated heterocycles. The first-order valence-electron chi connectivity index (χ1n) is 7.49. The largest absolute Gasteiger partial charge is 0.418 e. The number of para-hydroxylation sites is 1. The standard InChI is InChI=1S/C17H13F4N3O2/c18-9-14(25)16-24-23-15(26-16)12-3-1-2-4-13(12)22-11-7-5-10(6-8-11)17(19,20)21/h1-8,14,22,25H,9H2. The molecule has 5 nitrogen and oxygen atoms in total. The highest BCUT2D eigenvalue weighted by Gasteiger charge is 2.30. The van der Waals surface area contributed by atoms with Crippen LogP contribution in [-0.2, 0) is 6.18 Å². The van der Waals surface area contributed by atoms with E-state index in [9.17, 15) is 22.7 Å². The van der Waals surface area contributed by atoms with Crippen molar-refractivity contribution >= 4 is 11.4 Å². The van der Waals surface area contributed by atoms with E-state index in [0.29, 0.717) is 16.9 Å². The van der Waals surface area contributed by atoms with Crippen LogP contribution in [0.1, 0.15) is 17.6 Å². The third-order valence-corrected chi connectivity index (χ3v) is 3.52. The van der Waals surface area contributed by atoms with Crippen molar-refractivity contribution in [2.24, 2.45) is 0 Å². The molecule has 2 aromatic carbocycles. The molecule has 0 aliphatic rings. The van der Waals surface area contributed by atoms with E-state index < -0.39 is 24.5 Å². The number of halogens is 4. The SMILES string of the molecule is OC(CF)c1nnc(-c2ccccc2Nc2ccc(C(F)(F)F)cc2)o1. The van der Waals surface area contributed by atoms with Crippen LogP contribution in [0.15, 0.2) is 52.9 Å². The number of hydrogen-bond acceptors (Lipinski definition) is 5. The second-order valence-corrected chi connectivity index (χ2v) is 5.36. The number of aliphatic hydroxyl groups excluding tert-OH is 1. The molecule has 3 aromatic rings. The van der Waals surface area contributed by atoms with Gasteiger partial charge in [0.1, 0.15) is 6.67 Å². The molecular formula is C17H13F4N3O2. The first-order chi connectivity index (χ1) is 12.4. The van der Waals surface area contributed by atoms with Crippen molar-refractivity contribution < 1.29 is 27.1 Å². The second kappa shape index (κ2) is 7.12. The Morgan fingerprint density at radius 3 is 2.38 bits per heavy atom. The molecule has 0 aliphatic carbocycles. The van der Waals surface area contributed by atoms with Crippen molar-refractivity contribution in [2.45, 2.75) is 12.3 Å². The van der Waals surface area contributed by atoms with E-state index in [1.807, 2.05) is 0 Å². The number of nitrogens with one attached hydrogen (secondary N) is 1. The van der Waals surface area contributed by atoms with Crippen molar-refractivity contribution in [3.63, 3.8) is 0 Å². The summed E-state index contributed by atoms with van der Waals surface area (Å²) in [4.78, 5) is 0. The Kier molecular flexibility index (Phi) is 4.90. The molecule has 1 heterocycles. The summed E-state index contributed by atoms with van der Waals surface area (Å²) in [6.45, 7) is -1.06. The second-order valence-electron chi connectivity index (χ2n) is 5.36. The number of nitrogens with zero attached hydrogens (tertiary/aromatic N) is 2. The monoisotopic (exact) mass is 367 g/mol. The summed E-state index contributed by atoms with van der Waals surface area (Å²) < 4.78 is 55.7. The maximum atomic E-state index is 12.6. The molecule has 1 atom stereocenters. The van der Waals surface area contributed by atoms with Crippen molar-refractivity contribution in [3.05, 3.63) is 60.0 Å². The average molecular weight is 367 g/mol. The lowest BCUT2D eigenvalue weighted by molar-refractivity contribution is -0.137. The predicted octanol–water partition coefficient (Wildman–Crippen LogP) is 4.50. The van der Waals surface area contributed by atoms with Crippen LogP contribution >= 0.6 is 0 Å². The highest BCUT2D eigenvalue weighted by atomic mass is 19.4. The van der Waals surface area contributed by atoms with Gasteiger partial charge in [0.25, 0.3) is 0 Å². The van der Waals surface area contributed by atoms with Gasteiger partial charge >= 0.3 is 6.18 Å². The van der Waals surface area contributed by atoms with Crippen molar-refractivity contribution in [3.8, 4) is 11.5 Å². The van der Waals surface area contributed by atoms with E-state index in [2.05, 4.69) is 15.5 Å². The number of alkyl halides is 4. The summed E-state index contributed by atoms with van der Waals surface area (Å²) in [6.07, 6.45) is -5.92. The van der Waals surface area contributed by atoms with Crippen molar-refractivity contribution in [2.75, 3.05) is 12.0 Å². The van der Waals surface area contributed by atoms with Gasteiger partial charge in [-0.2, -0.15) is 13.2 Å². The van der Waals surface area contributed by atoms with Crippen LogP contribution in [0.5, 0.6) is 0 Å². The Bertz CT molecular complexity index is 878. The van der Waals surface area contributed by atoms with E-state index in [1.54, 1.807) is 24.3 Å². The summed E-state index contributed by atoms with van der Waals surface area (Å²) in [5.74, 6) is -0.214. The van der Waals surface area contributed by atoms with E-state index in [-0.39, 0.29) is 11.8 Å². The van der Waals surface area contributed by atoms with E-state index >= 15 is 0 Å². The number of anilines is 2. The Hall–Kier alpha value is -2.94. The van der Waals surface area contributed by atoms with Gasteiger partial charge in [0, 0.05) is 5.69 Å². The summed E-state index contributed by atoms with van der Waals surface area (Å²) in [6, 6.07) is 11.2. The molecule has 0 radical (unpaired) electrons. The van der Waals surface area contributed by atoms with Gasteiger partial charge in [0.15, 0.2) is 6.10 Å². The first-order valence-corrected chi connectivity index (χ1v) is 7.49. The lowest BCUT2D eigenvalue weighted by Gasteiger charge is -2.11. The van der Waals surface area contributed by atoms with E-state index in [4.69, 9.17) is 4.42 Å². The maximum Gasteiger partial charge on any atom is 0.416 e. The smallest absolute Gasteiger partial charge is 0.416 e. The highest BCUT2D eigenvalue weighted by Crippen LogP contribution is 2.33. The van der Waals surface area contributed by atoms with Crippen LogP contribution in [0.4, 0.5) is 28.9 Å². The zero-order valence-corrected chi connectivity index (χ0v) is 13.2. The van der Waals surface area contributed by atoms with Gasteiger partial charge in [-0.1, -0.05) is 12.1 Å². The summed E-state index contributed by atoms with van der Waals surface area (Å²) >= 11 is 0. The summed E-state index contributed by atoms with van der Waals surface area (Å²) in [5, 5.41) is 19.7. The average Bonchev–Trinajstić information content (AvgIpc) is 3.11.